The molecule has 2 aromatic carbocycles. The second-order valence-electron chi connectivity index (χ2n) is 4.48. The van der Waals surface area contributed by atoms with E-state index >= 15 is 0 Å². The van der Waals surface area contributed by atoms with Gasteiger partial charge in [-0.1, -0.05) is 18.2 Å². The van der Waals surface area contributed by atoms with Crippen LogP contribution >= 0.6 is 11.9 Å². The number of ether oxygens (including phenoxy) is 1. The van der Waals surface area contributed by atoms with Gasteiger partial charge in [-0.15, -0.1) is 0 Å². The zero-order valence-electron chi connectivity index (χ0n) is 12.1. The van der Waals surface area contributed by atoms with Crippen LogP contribution in [0.25, 0.3) is 0 Å². The van der Waals surface area contributed by atoms with Crippen molar-refractivity contribution in [2.45, 2.75) is 11.8 Å². The molecule has 0 aliphatic carbocycles. The molecular formula is C16H15NO4S. The van der Waals surface area contributed by atoms with Crippen molar-refractivity contribution in [3.8, 4) is 11.5 Å². The standard InChI is InChI=1S/C16H15NO4S/c1-10-7-8-11(15(19)14(10)18)9-17-22-13-6-4-3-5-12(13)16(20)21-2/h3-9,18-19H,1-2H3. The quantitative estimate of drug-likeness (QED) is 0.391. The van der Waals surface area contributed by atoms with Crippen LogP contribution < -0.4 is 0 Å². The predicted octanol–water partition coefficient (Wildman–Crippen LogP) is 3.32. The number of carbonyl (C=O) groups excluding carboxylic acids is 1. The van der Waals surface area contributed by atoms with E-state index in [0.717, 1.165) is 11.9 Å². The fraction of sp³-hybridized carbons (Fsp3) is 0.125. The van der Waals surface area contributed by atoms with Crippen LogP contribution in [0, 0.1) is 6.92 Å². The third kappa shape index (κ3) is 3.40. The van der Waals surface area contributed by atoms with E-state index in [2.05, 4.69) is 4.40 Å². The summed E-state index contributed by atoms with van der Waals surface area (Å²) >= 11 is 1.08. The molecule has 6 heteroatoms. The van der Waals surface area contributed by atoms with Gasteiger partial charge in [0, 0.05) is 28.6 Å². The van der Waals surface area contributed by atoms with Crippen LogP contribution in [0.15, 0.2) is 45.7 Å². The summed E-state index contributed by atoms with van der Waals surface area (Å²) in [6.07, 6.45) is 1.42. The normalized spacial score (nSPS) is 10.8. The maximum Gasteiger partial charge on any atom is 0.339 e. The van der Waals surface area contributed by atoms with Crippen molar-refractivity contribution in [3.63, 3.8) is 0 Å². The molecular weight excluding hydrogens is 302 g/mol. The van der Waals surface area contributed by atoms with Crippen molar-refractivity contribution in [1.82, 2.24) is 0 Å². The molecule has 0 fully saturated rings. The Hall–Kier alpha value is -2.47. The van der Waals surface area contributed by atoms with E-state index in [1.807, 2.05) is 0 Å². The van der Waals surface area contributed by atoms with Crippen LogP contribution in [-0.2, 0) is 4.74 Å². The lowest BCUT2D eigenvalue weighted by Gasteiger charge is -2.05. The van der Waals surface area contributed by atoms with E-state index in [0.29, 0.717) is 21.6 Å². The first-order valence-electron chi connectivity index (χ1n) is 6.44. The maximum absolute atomic E-state index is 11.6. The molecule has 0 aromatic heterocycles. The van der Waals surface area contributed by atoms with Gasteiger partial charge >= 0.3 is 5.97 Å². The second kappa shape index (κ2) is 7.00. The number of carbonyl (C=O) groups is 1. The largest absolute Gasteiger partial charge is 0.504 e. The van der Waals surface area contributed by atoms with Crippen LogP contribution in [-0.4, -0.2) is 29.5 Å². The highest BCUT2D eigenvalue weighted by molar-refractivity contribution is 7.98. The Labute approximate surface area is 132 Å². The lowest BCUT2D eigenvalue weighted by atomic mass is 10.1. The van der Waals surface area contributed by atoms with E-state index in [4.69, 9.17) is 4.74 Å². The molecule has 22 heavy (non-hydrogen) atoms. The van der Waals surface area contributed by atoms with E-state index in [-0.39, 0.29) is 11.5 Å². The first-order valence-corrected chi connectivity index (χ1v) is 7.21. The lowest BCUT2D eigenvalue weighted by molar-refractivity contribution is 0.0597. The third-order valence-electron chi connectivity index (χ3n) is 3.02. The van der Waals surface area contributed by atoms with Gasteiger partial charge in [-0.25, -0.2) is 9.19 Å². The lowest BCUT2D eigenvalue weighted by Crippen LogP contribution is -2.02. The molecule has 0 heterocycles. The van der Waals surface area contributed by atoms with Crippen LogP contribution in [0.5, 0.6) is 11.5 Å². The Morgan fingerprint density at radius 2 is 1.91 bits per heavy atom. The number of phenols is 2. The summed E-state index contributed by atoms with van der Waals surface area (Å²) < 4.78 is 8.85. The molecule has 0 bridgehead atoms. The number of hydrogen-bond donors (Lipinski definition) is 2. The highest BCUT2D eigenvalue weighted by Crippen LogP contribution is 2.31. The smallest absolute Gasteiger partial charge is 0.339 e. The number of aryl methyl sites for hydroxylation is 1. The molecule has 0 amide bonds. The number of phenolic OH excluding ortho intramolecular Hbond substituents is 2. The minimum Gasteiger partial charge on any atom is -0.504 e. The topological polar surface area (TPSA) is 79.1 Å². The maximum atomic E-state index is 11.6. The van der Waals surface area contributed by atoms with Crippen molar-refractivity contribution < 1.29 is 19.7 Å². The molecule has 0 aliphatic rings. The molecule has 0 saturated carbocycles. The zero-order chi connectivity index (χ0) is 16.1. The first-order chi connectivity index (χ1) is 10.5. The number of rotatable bonds is 4. The first kappa shape index (κ1) is 15.9. The zero-order valence-corrected chi connectivity index (χ0v) is 12.9. The van der Waals surface area contributed by atoms with Gasteiger partial charge in [-0.05, 0) is 30.7 Å². The van der Waals surface area contributed by atoms with E-state index < -0.39 is 5.97 Å². The Morgan fingerprint density at radius 1 is 1.18 bits per heavy atom. The molecule has 114 valence electrons. The van der Waals surface area contributed by atoms with Gasteiger partial charge in [0.15, 0.2) is 11.5 Å². The molecule has 0 radical (unpaired) electrons. The van der Waals surface area contributed by atoms with Crippen LogP contribution in [0.1, 0.15) is 21.5 Å². The molecule has 2 N–H and O–H groups in total. The summed E-state index contributed by atoms with van der Waals surface area (Å²) in [6, 6.07) is 10.3. The van der Waals surface area contributed by atoms with Gasteiger partial charge in [0.25, 0.3) is 0 Å². The molecule has 2 aromatic rings. The Morgan fingerprint density at radius 3 is 2.64 bits per heavy atom. The fourth-order valence-electron chi connectivity index (χ4n) is 1.77. The Balaban J connectivity index is 2.21. The fourth-order valence-corrected chi connectivity index (χ4v) is 2.43. The minimum absolute atomic E-state index is 0.163. The average Bonchev–Trinajstić information content (AvgIpc) is 2.54. The van der Waals surface area contributed by atoms with Gasteiger partial charge in [-0.2, -0.15) is 0 Å². The molecule has 0 unspecified atom stereocenters. The van der Waals surface area contributed by atoms with Gasteiger partial charge in [0.1, 0.15) is 0 Å². The van der Waals surface area contributed by atoms with Gasteiger partial charge in [-0.3, -0.25) is 0 Å². The van der Waals surface area contributed by atoms with Crippen molar-refractivity contribution in [3.05, 3.63) is 53.1 Å². The van der Waals surface area contributed by atoms with Crippen molar-refractivity contribution in [2.24, 2.45) is 4.40 Å². The van der Waals surface area contributed by atoms with E-state index in [1.54, 1.807) is 43.3 Å². The number of aromatic hydroxyl groups is 2. The highest BCUT2D eigenvalue weighted by atomic mass is 32.2. The molecule has 0 saturated heterocycles. The Kier molecular flexibility index (Phi) is 5.06. The van der Waals surface area contributed by atoms with Gasteiger partial charge in [0.2, 0.25) is 0 Å². The SMILES string of the molecule is COC(=O)c1ccccc1SN=Cc1ccc(C)c(O)c1O. The van der Waals surface area contributed by atoms with Gasteiger partial charge in [0.05, 0.1) is 12.7 Å². The summed E-state index contributed by atoms with van der Waals surface area (Å²) in [5, 5.41) is 19.5. The molecule has 0 aliphatic heterocycles. The van der Waals surface area contributed by atoms with Crippen LogP contribution in [0.2, 0.25) is 0 Å². The number of hydrogen-bond acceptors (Lipinski definition) is 6. The summed E-state index contributed by atoms with van der Waals surface area (Å²) in [5.74, 6) is -0.816. The number of benzene rings is 2. The number of methoxy groups -OCH3 is 1. The van der Waals surface area contributed by atoms with Crippen LogP contribution in [0.4, 0.5) is 0 Å². The summed E-state index contributed by atoms with van der Waals surface area (Å²) in [7, 11) is 1.32. The average molecular weight is 317 g/mol. The predicted molar refractivity (Wildman–Crippen MR) is 85.7 cm³/mol. The minimum atomic E-state index is -0.436. The molecule has 2 rings (SSSR count). The highest BCUT2D eigenvalue weighted by Gasteiger charge is 2.11. The monoisotopic (exact) mass is 317 g/mol. The summed E-state index contributed by atoms with van der Waals surface area (Å²) in [4.78, 5) is 12.3. The molecule has 0 atom stereocenters. The molecule has 0 spiro atoms. The van der Waals surface area contributed by atoms with E-state index in [9.17, 15) is 15.0 Å². The van der Waals surface area contributed by atoms with Gasteiger partial charge < -0.3 is 14.9 Å². The van der Waals surface area contributed by atoms with E-state index in [1.165, 1.54) is 13.3 Å². The summed E-state index contributed by atoms with van der Waals surface area (Å²) in [5.41, 5.74) is 1.40. The number of nitrogens with zero attached hydrogens (tertiary/aromatic N) is 1. The molecule has 5 nitrogen and oxygen atoms in total. The summed E-state index contributed by atoms with van der Waals surface area (Å²) in [6.45, 7) is 1.69. The Bertz CT molecular complexity index is 728. The van der Waals surface area contributed by atoms with Crippen LogP contribution in [0.3, 0.4) is 0 Å². The second-order valence-corrected chi connectivity index (χ2v) is 5.32. The van der Waals surface area contributed by atoms with Crippen molar-refractivity contribution in [2.75, 3.05) is 7.11 Å². The number of esters is 1. The third-order valence-corrected chi connectivity index (χ3v) is 3.78. The van der Waals surface area contributed by atoms with Crippen molar-refractivity contribution >= 4 is 24.1 Å². The van der Waals surface area contributed by atoms with Crippen molar-refractivity contribution in [1.29, 1.82) is 0 Å².